The minimum absolute atomic E-state index is 0.134. The van der Waals surface area contributed by atoms with Crippen LogP contribution in [0.15, 0.2) is 30.3 Å². The van der Waals surface area contributed by atoms with Crippen molar-refractivity contribution in [2.45, 2.75) is 64.2 Å². The lowest BCUT2D eigenvalue weighted by Crippen LogP contribution is -2.55. The summed E-state index contributed by atoms with van der Waals surface area (Å²) >= 11 is 0. The van der Waals surface area contributed by atoms with Crippen LogP contribution < -0.4 is 5.32 Å². The summed E-state index contributed by atoms with van der Waals surface area (Å²) in [5.41, 5.74) is 1.28. The normalized spacial score (nSPS) is 25.8. The topological polar surface area (TPSA) is 52.6 Å². The number of rotatable bonds is 5. The van der Waals surface area contributed by atoms with E-state index >= 15 is 0 Å². The number of benzene rings is 1. The Morgan fingerprint density at radius 2 is 1.76 bits per heavy atom. The second-order valence-corrected chi connectivity index (χ2v) is 5.85. The second-order valence-electron chi connectivity index (χ2n) is 5.85. The molecule has 1 fully saturated rings. The Balaban J connectivity index is 1.97. The molecule has 1 aliphatic rings. The smallest absolute Gasteiger partial charge is 0.407 e. The lowest BCUT2D eigenvalue weighted by atomic mass is 9.89. The Bertz CT molecular complexity index is 435. The summed E-state index contributed by atoms with van der Waals surface area (Å²) in [6.07, 6.45) is 2.81. The second kappa shape index (κ2) is 7.46. The third-order valence-electron chi connectivity index (χ3n) is 4.50. The van der Waals surface area contributed by atoms with Gasteiger partial charge >= 0.3 is 6.09 Å². The Kier molecular flexibility index (Phi) is 5.62. The van der Waals surface area contributed by atoms with Gasteiger partial charge in [0.25, 0.3) is 0 Å². The van der Waals surface area contributed by atoms with E-state index in [4.69, 9.17) is 0 Å². The van der Waals surface area contributed by atoms with E-state index in [0.717, 1.165) is 32.2 Å². The van der Waals surface area contributed by atoms with Gasteiger partial charge < -0.3 is 15.3 Å². The first-order valence-electron chi connectivity index (χ1n) is 7.94. The minimum Gasteiger partial charge on any atom is -0.465 e. The van der Waals surface area contributed by atoms with Gasteiger partial charge in [-0.3, -0.25) is 0 Å². The molecule has 2 unspecified atom stereocenters. The number of nitrogens with one attached hydrogen (secondary N) is 1. The summed E-state index contributed by atoms with van der Waals surface area (Å²) in [6, 6.07) is 11.0. The van der Waals surface area contributed by atoms with Crippen molar-refractivity contribution in [2.24, 2.45) is 0 Å². The molecule has 1 aromatic rings. The molecule has 1 saturated heterocycles. The molecule has 1 amide bonds. The van der Waals surface area contributed by atoms with E-state index in [-0.39, 0.29) is 12.1 Å². The van der Waals surface area contributed by atoms with E-state index in [1.165, 1.54) is 5.56 Å². The van der Waals surface area contributed by atoms with Crippen LogP contribution in [0.25, 0.3) is 0 Å². The summed E-state index contributed by atoms with van der Waals surface area (Å²) < 4.78 is 0. The third kappa shape index (κ3) is 3.97. The molecule has 2 atom stereocenters. The Hall–Kier alpha value is -1.55. The molecule has 0 aromatic heterocycles. The van der Waals surface area contributed by atoms with Gasteiger partial charge in [0, 0.05) is 24.7 Å². The molecule has 116 valence electrons. The van der Waals surface area contributed by atoms with Gasteiger partial charge in [0.1, 0.15) is 0 Å². The SMILES string of the molecule is CCC1CC(NCc2ccccc2)CC(CC)N1C(=O)O. The zero-order chi connectivity index (χ0) is 15.2. The van der Waals surface area contributed by atoms with E-state index in [0.29, 0.717) is 6.04 Å². The molecule has 4 nitrogen and oxygen atoms in total. The maximum absolute atomic E-state index is 11.5. The highest BCUT2D eigenvalue weighted by atomic mass is 16.4. The molecule has 2 N–H and O–H groups in total. The first-order chi connectivity index (χ1) is 10.2. The van der Waals surface area contributed by atoms with Crippen molar-refractivity contribution in [3.05, 3.63) is 35.9 Å². The van der Waals surface area contributed by atoms with Crippen molar-refractivity contribution in [3.8, 4) is 0 Å². The van der Waals surface area contributed by atoms with Crippen molar-refractivity contribution in [1.82, 2.24) is 10.2 Å². The number of hydrogen-bond acceptors (Lipinski definition) is 2. The quantitative estimate of drug-likeness (QED) is 0.873. The minimum atomic E-state index is -0.768. The highest BCUT2D eigenvalue weighted by Gasteiger charge is 2.36. The highest BCUT2D eigenvalue weighted by Crippen LogP contribution is 2.27. The van der Waals surface area contributed by atoms with Gasteiger partial charge in [-0.25, -0.2) is 4.79 Å². The van der Waals surface area contributed by atoms with Gasteiger partial charge in [-0.05, 0) is 31.2 Å². The van der Waals surface area contributed by atoms with Crippen LogP contribution in [0.5, 0.6) is 0 Å². The summed E-state index contributed by atoms with van der Waals surface area (Å²) in [4.78, 5) is 13.2. The maximum atomic E-state index is 11.5. The van der Waals surface area contributed by atoms with Crippen molar-refractivity contribution in [2.75, 3.05) is 0 Å². The van der Waals surface area contributed by atoms with E-state index in [2.05, 4.69) is 31.3 Å². The monoisotopic (exact) mass is 290 g/mol. The van der Waals surface area contributed by atoms with Crippen molar-refractivity contribution in [3.63, 3.8) is 0 Å². The predicted molar refractivity (Wildman–Crippen MR) is 84.3 cm³/mol. The molecule has 1 heterocycles. The highest BCUT2D eigenvalue weighted by molar-refractivity contribution is 5.66. The third-order valence-corrected chi connectivity index (χ3v) is 4.50. The zero-order valence-corrected chi connectivity index (χ0v) is 13.0. The Morgan fingerprint density at radius 3 is 2.24 bits per heavy atom. The standard InChI is InChI=1S/C17H26N2O2/c1-3-15-10-14(11-16(4-2)19(15)17(20)21)18-12-13-8-6-5-7-9-13/h5-9,14-16,18H,3-4,10-12H2,1-2H3,(H,20,21). The molecule has 0 bridgehead atoms. The lowest BCUT2D eigenvalue weighted by Gasteiger charge is -2.43. The number of carbonyl (C=O) groups is 1. The van der Waals surface area contributed by atoms with Crippen molar-refractivity contribution < 1.29 is 9.90 Å². The number of likely N-dealkylation sites (tertiary alicyclic amines) is 1. The summed E-state index contributed by atoms with van der Waals surface area (Å²) in [5.74, 6) is 0. The van der Waals surface area contributed by atoms with Crippen LogP contribution in [-0.4, -0.2) is 34.2 Å². The first kappa shape index (κ1) is 15.8. The molecular weight excluding hydrogens is 264 g/mol. The molecule has 0 radical (unpaired) electrons. The van der Waals surface area contributed by atoms with Gasteiger partial charge in [-0.2, -0.15) is 0 Å². The molecule has 4 heteroatoms. The fraction of sp³-hybridized carbons (Fsp3) is 0.588. The molecule has 0 spiro atoms. The van der Waals surface area contributed by atoms with Crippen LogP contribution >= 0.6 is 0 Å². The molecule has 2 rings (SSSR count). The fourth-order valence-corrected chi connectivity index (χ4v) is 3.34. The number of hydrogen-bond donors (Lipinski definition) is 2. The van der Waals surface area contributed by atoms with E-state index in [1.54, 1.807) is 4.90 Å². The number of piperidine rings is 1. The number of nitrogens with zero attached hydrogens (tertiary/aromatic N) is 1. The summed E-state index contributed by atoms with van der Waals surface area (Å²) in [7, 11) is 0. The van der Waals surface area contributed by atoms with E-state index < -0.39 is 6.09 Å². The molecule has 0 saturated carbocycles. The van der Waals surface area contributed by atoms with Gasteiger partial charge in [0.2, 0.25) is 0 Å². The first-order valence-corrected chi connectivity index (χ1v) is 7.94. The van der Waals surface area contributed by atoms with Crippen molar-refractivity contribution in [1.29, 1.82) is 0 Å². The molecular formula is C17H26N2O2. The largest absolute Gasteiger partial charge is 0.465 e. The Morgan fingerprint density at radius 1 is 1.19 bits per heavy atom. The van der Waals surface area contributed by atoms with Crippen LogP contribution in [0.1, 0.15) is 45.1 Å². The average molecular weight is 290 g/mol. The molecule has 0 aliphatic carbocycles. The van der Waals surface area contributed by atoms with Crippen LogP contribution in [0.4, 0.5) is 4.79 Å². The Labute approximate surface area is 127 Å². The molecule has 1 aromatic carbocycles. The zero-order valence-electron chi connectivity index (χ0n) is 13.0. The lowest BCUT2D eigenvalue weighted by molar-refractivity contribution is 0.0556. The van der Waals surface area contributed by atoms with E-state index in [1.807, 2.05) is 18.2 Å². The molecule has 1 aliphatic heterocycles. The van der Waals surface area contributed by atoms with Crippen LogP contribution in [-0.2, 0) is 6.54 Å². The number of amides is 1. The van der Waals surface area contributed by atoms with Gasteiger partial charge in [0.15, 0.2) is 0 Å². The van der Waals surface area contributed by atoms with Gasteiger partial charge in [-0.1, -0.05) is 44.2 Å². The summed E-state index contributed by atoms with van der Waals surface area (Å²) in [6.45, 7) is 5.01. The number of carboxylic acid groups (broad SMARTS) is 1. The van der Waals surface area contributed by atoms with Crippen LogP contribution in [0.2, 0.25) is 0 Å². The van der Waals surface area contributed by atoms with E-state index in [9.17, 15) is 9.90 Å². The fourth-order valence-electron chi connectivity index (χ4n) is 3.34. The van der Waals surface area contributed by atoms with Crippen LogP contribution in [0.3, 0.4) is 0 Å². The van der Waals surface area contributed by atoms with Crippen LogP contribution in [0, 0.1) is 0 Å². The average Bonchev–Trinajstić information content (AvgIpc) is 2.52. The maximum Gasteiger partial charge on any atom is 0.407 e. The van der Waals surface area contributed by atoms with Gasteiger partial charge in [-0.15, -0.1) is 0 Å². The van der Waals surface area contributed by atoms with Gasteiger partial charge in [0.05, 0.1) is 0 Å². The molecule has 21 heavy (non-hydrogen) atoms. The predicted octanol–water partition coefficient (Wildman–Crippen LogP) is 3.48. The summed E-state index contributed by atoms with van der Waals surface area (Å²) in [5, 5.41) is 13.0. The van der Waals surface area contributed by atoms with Crippen molar-refractivity contribution >= 4 is 6.09 Å².